The van der Waals surface area contributed by atoms with Gasteiger partial charge < -0.3 is 4.90 Å². The van der Waals surface area contributed by atoms with Crippen molar-refractivity contribution in [2.24, 2.45) is 5.92 Å². The van der Waals surface area contributed by atoms with Crippen LogP contribution in [0.5, 0.6) is 0 Å². The van der Waals surface area contributed by atoms with Gasteiger partial charge in [-0.2, -0.15) is 0 Å². The number of benzene rings is 2. The molecular formula is C22H22BrN3O2. The van der Waals surface area contributed by atoms with Gasteiger partial charge in [0.2, 0.25) is 5.91 Å². The number of aromatic nitrogens is 2. The molecule has 1 amide bonds. The lowest BCUT2D eigenvalue weighted by atomic mass is 10.1. The maximum Gasteiger partial charge on any atom is 0.266 e. The Morgan fingerprint density at radius 1 is 1.21 bits per heavy atom. The van der Waals surface area contributed by atoms with Crippen LogP contribution in [0.3, 0.4) is 0 Å². The Balaban J connectivity index is 1.94. The summed E-state index contributed by atoms with van der Waals surface area (Å²) < 4.78 is 2.59. The lowest BCUT2D eigenvalue weighted by Gasteiger charge is -2.29. The fourth-order valence-electron chi connectivity index (χ4n) is 3.61. The van der Waals surface area contributed by atoms with Crippen molar-refractivity contribution in [1.82, 2.24) is 14.5 Å². The maximum absolute atomic E-state index is 13.4. The zero-order valence-electron chi connectivity index (χ0n) is 15.9. The molecule has 1 saturated carbocycles. The van der Waals surface area contributed by atoms with Gasteiger partial charge in [0.05, 0.1) is 22.6 Å². The van der Waals surface area contributed by atoms with Gasteiger partial charge in [-0.3, -0.25) is 14.2 Å². The number of para-hydroxylation sites is 1. The molecule has 0 aliphatic heterocycles. The Labute approximate surface area is 172 Å². The molecule has 0 radical (unpaired) electrons. The van der Waals surface area contributed by atoms with Crippen molar-refractivity contribution in [3.8, 4) is 5.69 Å². The van der Waals surface area contributed by atoms with Crippen molar-refractivity contribution in [2.45, 2.75) is 32.2 Å². The van der Waals surface area contributed by atoms with Gasteiger partial charge in [0, 0.05) is 17.4 Å². The average Bonchev–Trinajstić information content (AvgIpc) is 3.54. The van der Waals surface area contributed by atoms with Crippen molar-refractivity contribution in [3.63, 3.8) is 0 Å². The van der Waals surface area contributed by atoms with E-state index in [0.29, 0.717) is 23.1 Å². The average molecular weight is 440 g/mol. The number of hydrogen-bond acceptors (Lipinski definition) is 3. The molecule has 1 aliphatic carbocycles. The number of carbonyl (C=O) groups excluding carboxylic acids is 1. The third-order valence-electron chi connectivity index (χ3n) is 5.31. The van der Waals surface area contributed by atoms with Crippen molar-refractivity contribution in [3.05, 3.63) is 69.2 Å². The highest BCUT2D eigenvalue weighted by Gasteiger charge is 2.36. The molecule has 28 heavy (non-hydrogen) atoms. The zero-order chi connectivity index (χ0) is 19.8. The van der Waals surface area contributed by atoms with Gasteiger partial charge in [0.15, 0.2) is 0 Å². The molecule has 0 bridgehead atoms. The third-order valence-corrected chi connectivity index (χ3v) is 5.84. The summed E-state index contributed by atoms with van der Waals surface area (Å²) in [6.45, 7) is 2.02. The van der Waals surface area contributed by atoms with E-state index in [9.17, 15) is 9.59 Å². The standard InChI is InChI=1S/C22H22BrN3O2/c1-3-19(25(2)21(27)14-8-9-14)20-24-18-7-5-4-6-17(18)22(28)26(20)16-12-10-15(23)11-13-16/h4-7,10-14,19H,3,8-9H2,1-2H3. The summed E-state index contributed by atoms with van der Waals surface area (Å²) in [7, 11) is 1.82. The normalized spacial score (nSPS) is 14.8. The molecule has 0 spiro atoms. The van der Waals surface area contributed by atoms with E-state index in [-0.39, 0.29) is 23.4 Å². The number of nitrogens with zero attached hydrogens (tertiary/aromatic N) is 3. The van der Waals surface area contributed by atoms with Crippen LogP contribution in [-0.4, -0.2) is 27.4 Å². The van der Waals surface area contributed by atoms with Gasteiger partial charge in [0.25, 0.3) is 5.56 Å². The van der Waals surface area contributed by atoms with Gasteiger partial charge >= 0.3 is 0 Å². The first-order valence-corrected chi connectivity index (χ1v) is 10.3. The van der Waals surface area contributed by atoms with Crippen molar-refractivity contribution in [2.75, 3.05) is 7.05 Å². The Hall–Kier alpha value is -2.47. The predicted octanol–water partition coefficient (Wildman–Crippen LogP) is 4.47. The van der Waals surface area contributed by atoms with Crippen LogP contribution in [0.1, 0.15) is 38.1 Å². The topological polar surface area (TPSA) is 55.2 Å². The van der Waals surface area contributed by atoms with Crippen LogP contribution in [0.2, 0.25) is 0 Å². The highest BCUT2D eigenvalue weighted by molar-refractivity contribution is 9.10. The Morgan fingerprint density at radius 3 is 2.54 bits per heavy atom. The van der Waals surface area contributed by atoms with E-state index in [2.05, 4.69) is 15.9 Å². The largest absolute Gasteiger partial charge is 0.335 e. The first-order valence-electron chi connectivity index (χ1n) is 9.55. The minimum atomic E-state index is -0.269. The van der Waals surface area contributed by atoms with E-state index in [1.807, 2.05) is 56.4 Å². The van der Waals surface area contributed by atoms with E-state index in [1.54, 1.807) is 15.5 Å². The molecule has 5 nitrogen and oxygen atoms in total. The number of hydrogen-bond donors (Lipinski definition) is 0. The molecule has 1 unspecified atom stereocenters. The lowest BCUT2D eigenvalue weighted by molar-refractivity contribution is -0.133. The maximum atomic E-state index is 13.4. The fourth-order valence-corrected chi connectivity index (χ4v) is 3.88. The molecule has 0 N–H and O–H groups in total. The minimum Gasteiger partial charge on any atom is -0.335 e. The van der Waals surface area contributed by atoms with E-state index in [4.69, 9.17) is 4.98 Å². The van der Waals surface area contributed by atoms with Crippen LogP contribution in [0.15, 0.2) is 57.8 Å². The lowest BCUT2D eigenvalue weighted by Crippen LogP contribution is -2.36. The van der Waals surface area contributed by atoms with Gasteiger partial charge in [-0.1, -0.05) is 35.0 Å². The summed E-state index contributed by atoms with van der Waals surface area (Å²) in [6.07, 6.45) is 2.57. The summed E-state index contributed by atoms with van der Waals surface area (Å²) in [5, 5.41) is 0.570. The molecule has 1 fully saturated rings. The van der Waals surface area contributed by atoms with Crippen LogP contribution in [-0.2, 0) is 4.79 Å². The quantitative estimate of drug-likeness (QED) is 0.589. The summed E-state index contributed by atoms with van der Waals surface area (Å²) in [6, 6.07) is 14.7. The summed E-state index contributed by atoms with van der Waals surface area (Å²) in [5.74, 6) is 0.856. The van der Waals surface area contributed by atoms with Crippen molar-refractivity contribution >= 4 is 32.7 Å². The minimum absolute atomic E-state index is 0.117. The summed E-state index contributed by atoms with van der Waals surface area (Å²) in [4.78, 5) is 32.7. The molecule has 3 aromatic rings. The molecule has 1 atom stereocenters. The van der Waals surface area contributed by atoms with Gasteiger partial charge in [0.1, 0.15) is 5.82 Å². The molecule has 144 valence electrons. The van der Waals surface area contributed by atoms with Crippen LogP contribution < -0.4 is 5.56 Å². The van der Waals surface area contributed by atoms with E-state index >= 15 is 0 Å². The van der Waals surface area contributed by atoms with Gasteiger partial charge in [-0.25, -0.2) is 4.98 Å². The van der Waals surface area contributed by atoms with Crippen LogP contribution >= 0.6 is 15.9 Å². The Bertz CT molecular complexity index is 1090. The van der Waals surface area contributed by atoms with Gasteiger partial charge in [-0.15, -0.1) is 0 Å². The smallest absolute Gasteiger partial charge is 0.266 e. The third kappa shape index (κ3) is 3.37. The first kappa shape index (κ1) is 18.9. The second-order valence-electron chi connectivity index (χ2n) is 7.25. The zero-order valence-corrected chi connectivity index (χ0v) is 17.5. The fraction of sp³-hybridized carbons (Fsp3) is 0.318. The molecule has 4 rings (SSSR count). The van der Waals surface area contributed by atoms with E-state index < -0.39 is 0 Å². The van der Waals surface area contributed by atoms with E-state index in [0.717, 1.165) is 23.0 Å². The number of fused-ring (bicyclic) bond motifs is 1. The number of amides is 1. The summed E-state index contributed by atoms with van der Waals surface area (Å²) >= 11 is 3.45. The van der Waals surface area contributed by atoms with Crippen molar-refractivity contribution in [1.29, 1.82) is 0 Å². The Kier molecular flexibility index (Phi) is 5.06. The number of halogens is 1. The first-order chi connectivity index (χ1) is 13.5. The SMILES string of the molecule is CCC(c1nc2ccccc2c(=O)n1-c1ccc(Br)cc1)N(C)C(=O)C1CC1. The van der Waals surface area contributed by atoms with Crippen molar-refractivity contribution < 1.29 is 4.79 Å². The molecular weight excluding hydrogens is 418 g/mol. The molecule has 1 aromatic heterocycles. The van der Waals surface area contributed by atoms with Crippen LogP contribution in [0.4, 0.5) is 0 Å². The Morgan fingerprint density at radius 2 is 1.89 bits per heavy atom. The summed E-state index contributed by atoms with van der Waals surface area (Å²) in [5.41, 5.74) is 1.28. The molecule has 2 aromatic carbocycles. The van der Waals surface area contributed by atoms with Crippen LogP contribution in [0.25, 0.3) is 16.6 Å². The van der Waals surface area contributed by atoms with Gasteiger partial charge in [-0.05, 0) is 55.7 Å². The highest BCUT2D eigenvalue weighted by atomic mass is 79.9. The van der Waals surface area contributed by atoms with E-state index in [1.165, 1.54) is 0 Å². The molecule has 1 heterocycles. The monoisotopic (exact) mass is 439 g/mol. The second-order valence-corrected chi connectivity index (χ2v) is 8.17. The molecule has 1 aliphatic rings. The molecule has 6 heteroatoms. The predicted molar refractivity (Wildman–Crippen MR) is 114 cm³/mol. The highest BCUT2D eigenvalue weighted by Crippen LogP contribution is 2.34. The second kappa shape index (κ2) is 7.51. The number of rotatable bonds is 5. The molecule has 0 saturated heterocycles. The number of carbonyl (C=O) groups is 1. The van der Waals surface area contributed by atoms with Crippen LogP contribution in [0, 0.1) is 5.92 Å².